The molecule has 2 N–H and O–H groups in total. The highest BCUT2D eigenvalue weighted by molar-refractivity contribution is 7.18. The number of nitrogens with two attached hydrogens (primary N) is 1. The summed E-state index contributed by atoms with van der Waals surface area (Å²) in [6, 6.07) is 6.08. The van der Waals surface area contributed by atoms with Gasteiger partial charge in [-0.25, -0.2) is 4.79 Å². The predicted molar refractivity (Wildman–Crippen MR) is 78.7 cm³/mol. The average molecular weight is 308 g/mol. The van der Waals surface area contributed by atoms with Crippen molar-refractivity contribution in [3.05, 3.63) is 39.3 Å². The van der Waals surface area contributed by atoms with Crippen molar-refractivity contribution in [3.63, 3.8) is 0 Å². The zero-order valence-corrected chi connectivity index (χ0v) is 12.1. The lowest BCUT2D eigenvalue weighted by atomic mass is 10.1. The maximum Gasteiger partial charge on any atom is 0.350 e. The van der Waals surface area contributed by atoms with Crippen LogP contribution in [0.5, 0.6) is 5.75 Å². The Kier molecular flexibility index (Phi) is 4.08. The van der Waals surface area contributed by atoms with E-state index in [1.165, 1.54) is 26.4 Å². The van der Waals surface area contributed by atoms with E-state index in [-0.39, 0.29) is 11.4 Å². The highest BCUT2D eigenvalue weighted by Gasteiger charge is 2.19. The van der Waals surface area contributed by atoms with E-state index in [9.17, 15) is 14.9 Å². The SMILES string of the molecule is COC(=O)c1sc(-c2ccc([N+](=O)[O-])c(OC)c2)cc1N. The molecule has 0 radical (unpaired) electrons. The van der Waals surface area contributed by atoms with Crippen LogP contribution in [-0.2, 0) is 4.74 Å². The fraction of sp³-hybridized carbons (Fsp3) is 0.154. The standard InChI is InChI=1S/C13H12N2O5S/c1-19-10-5-7(3-4-9(10)15(17)18)11-6-8(14)12(21-11)13(16)20-2/h3-6H,14H2,1-2H3. The summed E-state index contributed by atoms with van der Waals surface area (Å²) in [5, 5.41) is 10.9. The number of carbonyl (C=O) groups is 1. The number of thiophene rings is 1. The van der Waals surface area contributed by atoms with Crippen molar-refractivity contribution in [1.82, 2.24) is 0 Å². The molecule has 2 aromatic rings. The summed E-state index contributed by atoms with van der Waals surface area (Å²) in [6.07, 6.45) is 0. The molecule has 7 nitrogen and oxygen atoms in total. The quantitative estimate of drug-likeness (QED) is 0.529. The Morgan fingerprint density at radius 2 is 2.05 bits per heavy atom. The Morgan fingerprint density at radius 3 is 2.62 bits per heavy atom. The molecule has 0 unspecified atom stereocenters. The molecule has 0 aliphatic carbocycles. The number of carbonyl (C=O) groups excluding carboxylic acids is 1. The molecule has 1 heterocycles. The lowest BCUT2D eigenvalue weighted by Gasteiger charge is -2.03. The largest absolute Gasteiger partial charge is 0.490 e. The van der Waals surface area contributed by atoms with E-state index in [4.69, 9.17) is 10.5 Å². The first kappa shape index (κ1) is 14.8. The lowest BCUT2D eigenvalue weighted by molar-refractivity contribution is -0.385. The Hall–Kier alpha value is -2.61. The van der Waals surface area contributed by atoms with Crippen molar-refractivity contribution in [2.75, 3.05) is 20.0 Å². The first-order valence-electron chi connectivity index (χ1n) is 5.78. The van der Waals surface area contributed by atoms with Gasteiger partial charge < -0.3 is 15.2 Å². The fourth-order valence-corrected chi connectivity index (χ4v) is 2.78. The highest BCUT2D eigenvalue weighted by Crippen LogP contribution is 2.37. The van der Waals surface area contributed by atoms with Gasteiger partial charge in [0.15, 0.2) is 5.75 Å². The molecule has 0 bridgehead atoms. The number of methoxy groups -OCH3 is 2. The third-order valence-corrected chi connectivity index (χ3v) is 3.97. The summed E-state index contributed by atoms with van der Waals surface area (Å²) in [5.41, 5.74) is 6.62. The van der Waals surface area contributed by atoms with Crippen LogP contribution in [0, 0.1) is 10.1 Å². The van der Waals surface area contributed by atoms with Gasteiger partial charge in [0.1, 0.15) is 4.88 Å². The number of nitro benzene ring substituents is 1. The second-order valence-corrected chi connectivity index (χ2v) is 5.08. The number of hydrogen-bond acceptors (Lipinski definition) is 7. The third kappa shape index (κ3) is 2.79. The molecule has 1 aromatic heterocycles. The molecule has 0 atom stereocenters. The second kappa shape index (κ2) is 5.80. The van der Waals surface area contributed by atoms with Gasteiger partial charge in [0.05, 0.1) is 24.8 Å². The summed E-state index contributed by atoms with van der Waals surface area (Å²) in [7, 11) is 2.63. The molecular weight excluding hydrogens is 296 g/mol. The van der Waals surface area contributed by atoms with Crippen molar-refractivity contribution < 1.29 is 19.2 Å². The van der Waals surface area contributed by atoms with Crippen LogP contribution in [-0.4, -0.2) is 25.1 Å². The van der Waals surface area contributed by atoms with E-state index in [1.807, 2.05) is 0 Å². The number of ether oxygens (including phenoxy) is 2. The normalized spacial score (nSPS) is 10.2. The van der Waals surface area contributed by atoms with Crippen LogP contribution in [0.1, 0.15) is 9.67 Å². The van der Waals surface area contributed by atoms with E-state index in [0.717, 1.165) is 11.3 Å². The average Bonchev–Trinajstić information content (AvgIpc) is 2.87. The minimum Gasteiger partial charge on any atom is -0.490 e. The summed E-state index contributed by atoms with van der Waals surface area (Å²) in [5.74, 6) is -0.373. The van der Waals surface area contributed by atoms with Crippen molar-refractivity contribution in [3.8, 4) is 16.2 Å². The van der Waals surface area contributed by atoms with Crippen molar-refractivity contribution in [2.24, 2.45) is 0 Å². The molecule has 0 saturated heterocycles. The molecule has 0 saturated carbocycles. The molecule has 0 aliphatic heterocycles. The van der Waals surface area contributed by atoms with Gasteiger partial charge in [-0.2, -0.15) is 0 Å². The number of benzene rings is 1. The number of hydrogen-bond donors (Lipinski definition) is 1. The monoisotopic (exact) mass is 308 g/mol. The highest BCUT2D eigenvalue weighted by atomic mass is 32.1. The molecule has 8 heteroatoms. The van der Waals surface area contributed by atoms with Crippen molar-refractivity contribution in [2.45, 2.75) is 0 Å². The minimum absolute atomic E-state index is 0.126. The van der Waals surface area contributed by atoms with Gasteiger partial charge in [0.2, 0.25) is 0 Å². The summed E-state index contributed by atoms with van der Waals surface area (Å²) in [6.45, 7) is 0. The van der Waals surface area contributed by atoms with E-state index in [2.05, 4.69) is 4.74 Å². The van der Waals surface area contributed by atoms with Gasteiger partial charge in [-0.05, 0) is 23.8 Å². The van der Waals surface area contributed by atoms with E-state index in [1.54, 1.807) is 12.1 Å². The molecule has 110 valence electrons. The molecule has 0 amide bonds. The second-order valence-electron chi connectivity index (χ2n) is 4.03. The lowest BCUT2D eigenvalue weighted by Crippen LogP contribution is -2.00. The molecule has 0 aliphatic rings. The van der Waals surface area contributed by atoms with Crippen LogP contribution in [0.25, 0.3) is 10.4 Å². The van der Waals surface area contributed by atoms with E-state index >= 15 is 0 Å². The van der Waals surface area contributed by atoms with Crippen LogP contribution in [0.4, 0.5) is 11.4 Å². The first-order valence-corrected chi connectivity index (χ1v) is 6.60. The molecule has 2 rings (SSSR count). The van der Waals surface area contributed by atoms with Gasteiger partial charge in [-0.3, -0.25) is 10.1 Å². The first-order chi connectivity index (χ1) is 9.97. The minimum atomic E-state index is -0.523. The Bertz CT molecular complexity index is 711. The summed E-state index contributed by atoms with van der Waals surface area (Å²) >= 11 is 1.15. The van der Waals surface area contributed by atoms with Gasteiger partial charge >= 0.3 is 11.7 Å². The number of nitrogens with zero attached hydrogens (tertiary/aromatic N) is 1. The Labute approximate surface area is 124 Å². The van der Waals surface area contributed by atoms with E-state index < -0.39 is 10.9 Å². The zero-order valence-electron chi connectivity index (χ0n) is 11.3. The Balaban J connectivity index is 2.48. The van der Waals surface area contributed by atoms with Crippen molar-refractivity contribution >= 4 is 28.7 Å². The van der Waals surface area contributed by atoms with Gasteiger partial charge in [0.25, 0.3) is 0 Å². The van der Waals surface area contributed by atoms with Crippen LogP contribution >= 0.6 is 11.3 Å². The Morgan fingerprint density at radius 1 is 1.33 bits per heavy atom. The van der Waals surface area contributed by atoms with Crippen molar-refractivity contribution in [1.29, 1.82) is 0 Å². The van der Waals surface area contributed by atoms with Gasteiger partial charge in [-0.1, -0.05) is 0 Å². The summed E-state index contributed by atoms with van der Waals surface area (Å²) < 4.78 is 9.65. The molecule has 21 heavy (non-hydrogen) atoms. The van der Waals surface area contributed by atoms with Crippen LogP contribution in [0.2, 0.25) is 0 Å². The zero-order chi connectivity index (χ0) is 15.6. The number of nitro groups is 1. The van der Waals surface area contributed by atoms with Gasteiger partial charge in [-0.15, -0.1) is 11.3 Å². The number of anilines is 1. The molecular formula is C13H12N2O5S. The molecule has 1 aromatic carbocycles. The fourth-order valence-electron chi connectivity index (χ4n) is 1.78. The van der Waals surface area contributed by atoms with Crippen LogP contribution in [0.15, 0.2) is 24.3 Å². The maximum absolute atomic E-state index is 11.5. The van der Waals surface area contributed by atoms with Crippen LogP contribution in [0.3, 0.4) is 0 Å². The van der Waals surface area contributed by atoms with E-state index in [0.29, 0.717) is 21.0 Å². The number of esters is 1. The summed E-state index contributed by atoms with van der Waals surface area (Å²) in [4.78, 5) is 22.9. The third-order valence-electron chi connectivity index (χ3n) is 2.79. The molecule has 0 fully saturated rings. The molecule has 0 spiro atoms. The van der Waals surface area contributed by atoms with Gasteiger partial charge in [0, 0.05) is 10.9 Å². The maximum atomic E-state index is 11.5. The number of nitrogen functional groups attached to an aromatic ring is 1. The predicted octanol–water partition coefficient (Wildman–Crippen LogP) is 2.70. The smallest absolute Gasteiger partial charge is 0.350 e. The topological polar surface area (TPSA) is 105 Å². The van der Waals surface area contributed by atoms with Crippen LogP contribution < -0.4 is 10.5 Å². The number of rotatable bonds is 4.